The Morgan fingerprint density at radius 1 is 1.25 bits per heavy atom. The van der Waals surface area contributed by atoms with Gasteiger partial charge in [-0.15, -0.1) is 13.2 Å². The van der Waals surface area contributed by atoms with Crippen LogP contribution in [0.3, 0.4) is 0 Å². The molecule has 1 amide bonds. The van der Waals surface area contributed by atoms with Crippen molar-refractivity contribution < 1.29 is 31.1 Å². The van der Waals surface area contributed by atoms with Gasteiger partial charge < -0.3 is 10.1 Å². The number of aromatic nitrogens is 2. The van der Waals surface area contributed by atoms with Gasteiger partial charge in [-0.3, -0.25) is 4.79 Å². The second-order valence-corrected chi connectivity index (χ2v) is 7.92. The summed E-state index contributed by atoms with van der Waals surface area (Å²) in [5.41, 5.74) is 0.231. The fourth-order valence-corrected chi connectivity index (χ4v) is 3.52. The van der Waals surface area contributed by atoms with E-state index in [9.17, 15) is 26.4 Å². The second-order valence-electron chi connectivity index (χ2n) is 6.39. The van der Waals surface area contributed by atoms with Gasteiger partial charge in [-0.1, -0.05) is 18.2 Å². The van der Waals surface area contributed by atoms with Gasteiger partial charge in [0.15, 0.2) is 0 Å². The summed E-state index contributed by atoms with van der Waals surface area (Å²) in [6, 6.07) is 10.7. The number of hydrogen-bond donors (Lipinski definition) is 2. The number of carbonyl (C=O) groups excluding carboxylic acids is 1. The average Bonchev–Trinajstić information content (AvgIpc) is 3.17. The number of anilines is 1. The first-order valence-corrected chi connectivity index (χ1v) is 10.3. The first kappa shape index (κ1) is 22.8. The van der Waals surface area contributed by atoms with Gasteiger partial charge in [-0.05, 0) is 24.3 Å². The van der Waals surface area contributed by atoms with E-state index in [0.717, 1.165) is 16.8 Å². The number of primary sulfonamides is 1. The Morgan fingerprint density at radius 3 is 2.59 bits per heavy atom. The maximum absolute atomic E-state index is 12.5. The number of nitrogens with two attached hydrogens (primary N) is 1. The topological polar surface area (TPSA) is 140 Å². The molecule has 0 fully saturated rings. The fourth-order valence-electron chi connectivity index (χ4n) is 2.77. The van der Waals surface area contributed by atoms with Crippen LogP contribution in [0.2, 0.25) is 0 Å². The summed E-state index contributed by atoms with van der Waals surface area (Å²) in [5, 5.41) is 20.5. The zero-order chi connectivity index (χ0) is 23.5. The summed E-state index contributed by atoms with van der Waals surface area (Å²) >= 11 is 0. The molecule has 0 radical (unpaired) electrons. The van der Waals surface area contributed by atoms with Crippen LogP contribution < -0.4 is 15.2 Å². The van der Waals surface area contributed by atoms with Gasteiger partial charge in [-0.2, -0.15) is 10.4 Å². The molecule has 3 aromatic rings. The van der Waals surface area contributed by atoms with Crippen LogP contribution in [0.1, 0.15) is 11.1 Å². The van der Waals surface area contributed by atoms with Gasteiger partial charge in [0.25, 0.3) is 0 Å². The average molecular weight is 465 g/mol. The maximum atomic E-state index is 12.5. The number of ether oxygens (including phenoxy) is 1. The maximum Gasteiger partial charge on any atom is 0.573 e. The van der Waals surface area contributed by atoms with Crippen LogP contribution in [-0.4, -0.2) is 30.5 Å². The Labute approximate surface area is 179 Å². The van der Waals surface area contributed by atoms with Crippen LogP contribution in [0.5, 0.6) is 5.75 Å². The molecule has 0 aliphatic heterocycles. The highest BCUT2D eigenvalue weighted by Gasteiger charge is 2.32. The molecule has 0 aliphatic carbocycles. The minimum Gasteiger partial charge on any atom is -0.405 e. The highest BCUT2D eigenvalue weighted by molar-refractivity contribution is 7.89. The minimum atomic E-state index is -4.93. The molecule has 32 heavy (non-hydrogen) atoms. The molecule has 13 heteroatoms. The molecular weight excluding hydrogens is 451 g/mol. The molecule has 166 valence electrons. The molecule has 3 rings (SSSR count). The van der Waals surface area contributed by atoms with Crippen LogP contribution in [0, 0.1) is 11.3 Å². The molecule has 0 unspecified atom stereocenters. The minimum absolute atomic E-state index is 0.0220. The van der Waals surface area contributed by atoms with Crippen LogP contribution in [0.25, 0.3) is 5.69 Å². The van der Waals surface area contributed by atoms with Crippen molar-refractivity contribution in [2.24, 2.45) is 5.14 Å². The number of carbonyl (C=O) groups is 1. The van der Waals surface area contributed by atoms with Crippen molar-refractivity contribution in [2.45, 2.75) is 17.7 Å². The van der Waals surface area contributed by atoms with Gasteiger partial charge in [0.05, 0.1) is 23.9 Å². The van der Waals surface area contributed by atoms with Gasteiger partial charge >= 0.3 is 6.36 Å². The number of nitriles is 1. The first-order valence-electron chi connectivity index (χ1n) is 8.72. The summed E-state index contributed by atoms with van der Waals surface area (Å²) in [4.78, 5) is 12.0. The third-order valence-electron chi connectivity index (χ3n) is 4.06. The highest BCUT2D eigenvalue weighted by atomic mass is 32.2. The summed E-state index contributed by atoms with van der Waals surface area (Å²) in [6.07, 6.45) is -2.88. The number of nitrogens with zero attached hydrogens (tertiary/aromatic N) is 3. The number of nitrogens with one attached hydrogen (secondary N) is 1. The van der Waals surface area contributed by atoms with E-state index >= 15 is 0 Å². The normalized spacial score (nSPS) is 11.6. The lowest BCUT2D eigenvalue weighted by Gasteiger charge is -2.14. The van der Waals surface area contributed by atoms with Crippen molar-refractivity contribution in [3.05, 3.63) is 66.0 Å². The summed E-state index contributed by atoms with van der Waals surface area (Å²) in [5.74, 6) is -1.25. The molecule has 0 atom stereocenters. The number of alkyl halides is 3. The first-order chi connectivity index (χ1) is 15.0. The van der Waals surface area contributed by atoms with Crippen LogP contribution in [0.4, 0.5) is 18.9 Å². The van der Waals surface area contributed by atoms with Crippen molar-refractivity contribution in [2.75, 3.05) is 5.32 Å². The number of halogens is 3. The SMILES string of the molecule is N#Cc1cnn(-c2ccc(NC(=O)Cc3ccccc3OC(F)(F)F)cc2S(N)(=O)=O)c1. The zero-order valence-corrected chi connectivity index (χ0v) is 16.8. The molecule has 2 aromatic carbocycles. The third-order valence-corrected chi connectivity index (χ3v) is 5.00. The summed E-state index contributed by atoms with van der Waals surface area (Å²) < 4.78 is 66.8. The Morgan fingerprint density at radius 2 is 1.97 bits per heavy atom. The zero-order valence-electron chi connectivity index (χ0n) is 16.0. The monoisotopic (exact) mass is 465 g/mol. The molecule has 1 heterocycles. The Balaban J connectivity index is 1.86. The Hall–Kier alpha value is -3.89. The van der Waals surface area contributed by atoms with Crippen molar-refractivity contribution in [3.8, 4) is 17.5 Å². The van der Waals surface area contributed by atoms with E-state index in [1.807, 2.05) is 6.07 Å². The fraction of sp³-hybridized carbons (Fsp3) is 0.105. The smallest absolute Gasteiger partial charge is 0.405 e. The van der Waals surface area contributed by atoms with Crippen LogP contribution in [-0.2, 0) is 21.2 Å². The number of amides is 1. The Kier molecular flexibility index (Phi) is 6.19. The quantitative estimate of drug-likeness (QED) is 0.573. The van der Waals surface area contributed by atoms with E-state index in [0.29, 0.717) is 0 Å². The van der Waals surface area contributed by atoms with Gasteiger partial charge in [-0.25, -0.2) is 18.2 Å². The summed E-state index contributed by atoms with van der Waals surface area (Å²) in [7, 11) is -4.26. The van der Waals surface area contributed by atoms with Crippen molar-refractivity contribution in [1.82, 2.24) is 9.78 Å². The largest absolute Gasteiger partial charge is 0.573 e. The van der Waals surface area contributed by atoms with Crippen LogP contribution in [0.15, 0.2) is 59.8 Å². The number of para-hydroxylation sites is 1. The molecular formula is C19H14F3N5O4S. The van der Waals surface area contributed by atoms with Crippen LogP contribution >= 0.6 is 0 Å². The summed E-state index contributed by atoms with van der Waals surface area (Å²) in [6.45, 7) is 0. The molecule has 0 bridgehead atoms. The van der Waals surface area contributed by atoms with Crippen molar-refractivity contribution >= 4 is 21.6 Å². The standard InChI is InChI=1S/C19H14F3N5O4S/c20-19(21,22)31-16-4-2-1-3-13(16)7-18(28)26-14-5-6-15(17(8-14)32(24,29)30)27-11-12(9-23)10-25-27/h1-6,8,10-11H,7H2,(H,26,28)(H2,24,29,30). The molecule has 0 saturated heterocycles. The molecule has 3 N–H and O–H groups in total. The van der Waals surface area contributed by atoms with E-state index in [1.165, 1.54) is 42.7 Å². The molecule has 0 saturated carbocycles. The molecule has 9 nitrogen and oxygen atoms in total. The predicted octanol–water partition coefficient (Wildman–Crippen LogP) is 2.47. The highest BCUT2D eigenvalue weighted by Crippen LogP contribution is 2.27. The van der Waals surface area contributed by atoms with E-state index in [1.54, 1.807) is 0 Å². The number of sulfonamides is 1. The number of hydrogen-bond acceptors (Lipinski definition) is 6. The van der Waals surface area contributed by atoms with E-state index in [2.05, 4.69) is 15.2 Å². The number of rotatable bonds is 6. The molecule has 1 aromatic heterocycles. The lowest BCUT2D eigenvalue weighted by molar-refractivity contribution is -0.274. The number of benzene rings is 2. The third kappa shape index (κ3) is 5.62. The van der Waals surface area contributed by atoms with E-state index < -0.39 is 34.5 Å². The van der Waals surface area contributed by atoms with E-state index in [-0.39, 0.29) is 27.4 Å². The van der Waals surface area contributed by atoms with Crippen molar-refractivity contribution in [3.63, 3.8) is 0 Å². The Bertz CT molecular complexity index is 1310. The lowest BCUT2D eigenvalue weighted by atomic mass is 10.1. The van der Waals surface area contributed by atoms with Gasteiger partial charge in [0, 0.05) is 17.4 Å². The second kappa shape index (κ2) is 8.69. The predicted molar refractivity (Wildman–Crippen MR) is 105 cm³/mol. The lowest BCUT2D eigenvalue weighted by Crippen LogP contribution is -2.20. The van der Waals surface area contributed by atoms with E-state index in [4.69, 9.17) is 10.4 Å². The van der Waals surface area contributed by atoms with Gasteiger partial charge in [0.2, 0.25) is 15.9 Å². The van der Waals surface area contributed by atoms with Crippen molar-refractivity contribution in [1.29, 1.82) is 5.26 Å². The van der Waals surface area contributed by atoms with Gasteiger partial charge in [0.1, 0.15) is 16.7 Å². The molecule has 0 spiro atoms. The molecule has 0 aliphatic rings.